The Labute approximate surface area is 148 Å². The monoisotopic (exact) mass is 341 g/mol. The molecule has 2 saturated heterocycles. The Morgan fingerprint density at radius 2 is 1.60 bits per heavy atom. The first kappa shape index (κ1) is 16.6. The van der Waals surface area contributed by atoms with Gasteiger partial charge in [-0.1, -0.05) is 18.2 Å². The van der Waals surface area contributed by atoms with Crippen LogP contribution in [0.15, 0.2) is 30.3 Å². The summed E-state index contributed by atoms with van der Waals surface area (Å²) in [5, 5.41) is 4.49. The highest BCUT2D eigenvalue weighted by Crippen LogP contribution is 2.16. The number of hydrogen-bond donors (Lipinski definition) is 2. The van der Waals surface area contributed by atoms with Gasteiger partial charge in [-0.2, -0.15) is 0 Å². The van der Waals surface area contributed by atoms with Crippen molar-refractivity contribution in [3.63, 3.8) is 0 Å². The number of fused-ring (bicyclic) bond motifs is 1. The summed E-state index contributed by atoms with van der Waals surface area (Å²) in [6, 6.07) is 10.0. The summed E-state index contributed by atoms with van der Waals surface area (Å²) in [5.41, 5.74) is 1.73. The van der Waals surface area contributed by atoms with Crippen molar-refractivity contribution in [3.8, 4) is 0 Å². The molecule has 2 N–H and O–H groups in total. The minimum Gasteiger partial charge on any atom is -0.351 e. The number of H-pyrrole nitrogens is 1. The van der Waals surface area contributed by atoms with Crippen molar-refractivity contribution < 1.29 is 4.79 Å². The number of nitrogens with one attached hydrogen (secondary N) is 2. The first-order chi connectivity index (χ1) is 12.3. The van der Waals surface area contributed by atoms with Crippen LogP contribution < -0.4 is 5.32 Å². The van der Waals surface area contributed by atoms with Crippen LogP contribution in [0.4, 0.5) is 0 Å². The number of para-hydroxylation sites is 1. The van der Waals surface area contributed by atoms with Crippen LogP contribution in [0.2, 0.25) is 0 Å². The Morgan fingerprint density at radius 3 is 2.32 bits per heavy atom. The minimum absolute atomic E-state index is 0.123. The van der Waals surface area contributed by atoms with Crippen LogP contribution >= 0.6 is 0 Å². The number of piperazine rings is 2. The zero-order valence-corrected chi connectivity index (χ0v) is 14.7. The van der Waals surface area contributed by atoms with E-state index in [4.69, 9.17) is 0 Å². The zero-order chi connectivity index (χ0) is 17.1. The van der Waals surface area contributed by atoms with E-state index in [-0.39, 0.29) is 5.91 Å². The lowest BCUT2D eigenvalue weighted by atomic mass is 10.2. The molecule has 0 spiro atoms. The van der Waals surface area contributed by atoms with Gasteiger partial charge in [0.2, 0.25) is 0 Å². The fourth-order valence-electron chi connectivity index (χ4n) is 3.75. The topological polar surface area (TPSA) is 54.6 Å². The predicted molar refractivity (Wildman–Crippen MR) is 100.0 cm³/mol. The Hall–Kier alpha value is -1.89. The Bertz CT molecular complexity index is 680. The second-order valence-corrected chi connectivity index (χ2v) is 7.00. The fourth-order valence-corrected chi connectivity index (χ4v) is 3.75. The van der Waals surface area contributed by atoms with Gasteiger partial charge in [-0.15, -0.1) is 0 Å². The van der Waals surface area contributed by atoms with Crippen LogP contribution in [0.1, 0.15) is 10.5 Å². The third-order valence-electron chi connectivity index (χ3n) is 5.36. The van der Waals surface area contributed by atoms with Crippen molar-refractivity contribution >= 4 is 16.8 Å². The normalized spacial score (nSPS) is 20.2. The van der Waals surface area contributed by atoms with Crippen LogP contribution in [0.25, 0.3) is 10.9 Å². The quantitative estimate of drug-likeness (QED) is 0.865. The van der Waals surface area contributed by atoms with E-state index in [1.165, 1.54) is 0 Å². The maximum absolute atomic E-state index is 12.7. The molecular formula is C19H27N5O. The van der Waals surface area contributed by atoms with Crippen molar-refractivity contribution in [1.29, 1.82) is 0 Å². The second kappa shape index (κ2) is 7.56. The summed E-state index contributed by atoms with van der Waals surface area (Å²) >= 11 is 0. The number of benzene rings is 1. The number of aromatic nitrogens is 1. The van der Waals surface area contributed by atoms with Crippen molar-refractivity contribution in [2.75, 3.05) is 65.4 Å². The molecule has 2 aliphatic rings. The summed E-state index contributed by atoms with van der Waals surface area (Å²) < 4.78 is 0. The van der Waals surface area contributed by atoms with Gasteiger partial charge < -0.3 is 15.2 Å². The average Bonchev–Trinajstić information content (AvgIpc) is 3.11. The van der Waals surface area contributed by atoms with Gasteiger partial charge in [0.1, 0.15) is 5.69 Å². The molecule has 2 aliphatic heterocycles. The first-order valence-electron chi connectivity index (χ1n) is 9.32. The number of rotatable bonds is 4. The third-order valence-corrected chi connectivity index (χ3v) is 5.36. The van der Waals surface area contributed by atoms with E-state index in [9.17, 15) is 4.79 Å². The lowest BCUT2D eigenvalue weighted by Gasteiger charge is -2.36. The van der Waals surface area contributed by atoms with Gasteiger partial charge in [-0.25, -0.2) is 0 Å². The molecule has 1 aromatic carbocycles. The highest BCUT2D eigenvalue weighted by molar-refractivity contribution is 5.98. The Morgan fingerprint density at radius 1 is 0.920 bits per heavy atom. The number of amides is 1. The van der Waals surface area contributed by atoms with Gasteiger partial charge in [-0.05, 0) is 12.1 Å². The highest BCUT2D eigenvalue weighted by Gasteiger charge is 2.23. The summed E-state index contributed by atoms with van der Waals surface area (Å²) in [5.74, 6) is 0.123. The minimum atomic E-state index is 0.123. The van der Waals surface area contributed by atoms with Crippen LogP contribution in [0, 0.1) is 0 Å². The van der Waals surface area contributed by atoms with E-state index in [2.05, 4.69) is 20.1 Å². The number of hydrogen-bond acceptors (Lipinski definition) is 4. The molecule has 0 saturated carbocycles. The molecule has 3 heterocycles. The standard InChI is InChI=1S/C19H27N5O/c25-19(18-15-16-3-1-2-4-17(16)21-18)24-13-11-23(12-14-24)10-9-22-7-5-20-6-8-22/h1-4,15,20-21H,5-14H2. The first-order valence-corrected chi connectivity index (χ1v) is 9.32. The van der Waals surface area contributed by atoms with E-state index in [1.54, 1.807) is 0 Å². The number of carbonyl (C=O) groups excluding carboxylic acids is 1. The van der Waals surface area contributed by atoms with Crippen LogP contribution in [-0.2, 0) is 0 Å². The second-order valence-electron chi connectivity index (χ2n) is 7.00. The fraction of sp³-hybridized carbons (Fsp3) is 0.526. The van der Waals surface area contributed by atoms with Crippen molar-refractivity contribution in [1.82, 2.24) is 25.0 Å². The lowest BCUT2D eigenvalue weighted by Crippen LogP contribution is -2.51. The molecule has 0 bridgehead atoms. The maximum atomic E-state index is 12.7. The van der Waals surface area contributed by atoms with Gasteiger partial charge in [0.15, 0.2) is 0 Å². The molecule has 0 aliphatic carbocycles. The van der Waals surface area contributed by atoms with Crippen molar-refractivity contribution in [2.24, 2.45) is 0 Å². The maximum Gasteiger partial charge on any atom is 0.270 e. The van der Waals surface area contributed by atoms with Gasteiger partial charge in [0.05, 0.1) is 0 Å². The largest absolute Gasteiger partial charge is 0.351 e. The van der Waals surface area contributed by atoms with Gasteiger partial charge in [0.25, 0.3) is 5.91 Å². The van der Waals surface area contributed by atoms with E-state index >= 15 is 0 Å². The van der Waals surface area contributed by atoms with Gasteiger partial charge in [-0.3, -0.25) is 14.6 Å². The highest BCUT2D eigenvalue weighted by atomic mass is 16.2. The molecule has 0 atom stereocenters. The molecule has 6 nitrogen and oxygen atoms in total. The lowest BCUT2D eigenvalue weighted by molar-refractivity contribution is 0.0616. The molecule has 2 fully saturated rings. The Kier molecular flexibility index (Phi) is 5.01. The summed E-state index contributed by atoms with van der Waals surface area (Å²) in [6.45, 7) is 10.3. The molecule has 2 aromatic rings. The summed E-state index contributed by atoms with van der Waals surface area (Å²) in [7, 11) is 0. The molecule has 1 aromatic heterocycles. The molecule has 25 heavy (non-hydrogen) atoms. The van der Waals surface area contributed by atoms with Gasteiger partial charge >= 0.3 is 0 Å². The number of carbonyl (C=O) groups is 1. The smallest absolute Gasteiger partial charge is 0.270 e. The van der Waals surface area contributed by atoms with Crippen molar-refractivity contribution in [2.45, 2.75) is 0 Å². The van der Waals surface area contributed by atoms with E-state index in [0.29, 0.717) is 5.69 Å². The molecule has 6 heteroatoms. The van der Waals surface area contributed by atoms with Gasteiger partial charge in [0, 0.05) is 76.4 Å². The summed E-state index contributed by atoms with van der Waals surface area (Å²) in [4.78, 5) is 23.0. The molecule has 0 radical (unpaired) electrons. The Balaban J connectivity index is 1.28. The number of aromatic amines is 1. The SMILES string of the molecule is O=C(c1cc2ccccc2[nH]1)N1CCN(CCN2CCNCC2)CC1. The molecule has 0 unspecified atom stereocenters. The third kappa shape index (κ3) is 3.86. The molecule has 4 rings (SSSR count). The summed E-state index contributed by atoms with van der Waals surface area (Å²) in [6.07, 6.45) is 0. The van der Waals surface area contributed by atoms with E-state index in [0.717, 1.165) is 76.4 Å². The number of nitrogens with zero attached hydrogens (tertiary/aromatic N) is 3. The molecular weight excluding hydrogens is 314 g/mol. The molecule has 134 valence electrons. The molecule has 1 amide bonds. The van der Waals surface area contributed by atoms with Crippen LogP contribution in [0.3, 0.4) is 0 Å². The van der Waals surface area contributed by atoms with E-state index < -0.39 is 0 Å². The van der Waals surface area contributed by atoms with Crippen LogP contribution in [0.5, 0.6) is 0 Å². The zero-order valence-electron chi connectivity index (χ0n) is 14.7. The van der Waals surface area contributed by atoms with E-state index in [1.807, 2.05) is 35.2 Å². The van der Waals surface area contributed by atoms with Crippen molar-refractivity contribution in [3.05, 3.63) is 36.0 Å². The predicted octanol–water partition coefficient (Wildman–Crippen LogP) is 0.831. The average molecular weight is 341 g/mol. The van der Waals surface area contributed by atoms with Crippen LogP contribution in [-0.4, -0.2) is 91.0 Å².